The summed E-state index contributed by atoms with van der Waals surface area (Å²) >= 11 is 0. The molecule has 3 rings (SSSR count). The van der Waals surface area contributed by atoms with Crippen LogP contribution in [0.3, 0.4) is 0 Å². The molecule has 0 radical (unpaired) electrons. The molecule has 0 atom stereocenters. The van der Waals surface area contributed by atoms with Crippen molar-refractivity contribution in [3.8, 4) is 0 Å². The summed E-state index contributed by atoms with van der Waals surface area (Å²) in [6.45, 7) is 0.0196. The van der Waals surface area contributed by atoms with E-state index < -0.39 is 0 Å². The van der Waals surface area contributed by atoms with Crippen LogP contribution in [0, 0.1) is 0 Å². The third kappa shape index (κ3) is 1.13. The van der Waals surface area contributed by atoms with E-state index in [0.717, 1.165) is 11.3 Å². The lowest BCUT2D eigenvalue weighted by Crippen LogP contribution is -1.92. The standard InChI is InChI=1S/C11H12N2O/c14-7-9-6-13-10(8-4-5-8)2-1-3-11(13)12-9/h1-3,6,8,14H,4-5,7H2. The average Bonchev–Trinajstić information content (AvgIpc) is 2.96. The molecule has 14 heavy (non-hydrogen) atoms. The predicted molar refractivity (Wildman–Crippen MR) is 53.1 cm³/mol. The molecule has 1 fully saturated rings. The number of aliphatic hydroxyl groups excluding tert-OH is 1. The van der Waals surface area contributed by atoms with E-state index in [0.29, 0.717) is 5.92 Å². The molecule has 0 unspecified atom stereocenters. The molecule has 2 heterocycles. The van der Waals surface area contributed by atoms with Gasteiger partial charge in [0.05, 0.1) is 12.3 Å². The molecule has 1 aliphatic rings. The van der Waals surface area contributed by atoms with Gasteiger partial charge in [-0.1, -0.05) is 6.07 Å². The van der Waals surface area contributed by atoms with Crippen LogP contribution >= 0.6 is 0 Å². The highest BCUT2D eigenvalue weighted by molar-refractivity contribution is 5.43. The quantitative estimate of drug-likeness (QED) is 0.779. The maximum atomic E-state index is 9.01. The van der Waals surface area contributed by atoms with Gasteiger partial charge in [0.25, 0.3) is 0 Å². The number of imidazole rings is 1. The third-order valence-electron chi connectivity index (χ3n) is 2.73. The normalized spacial score (nSPS) is 16.4. The monoisotopic (exact) mass is 188 g/mol. The summed E-state index contributed by atoms with van der Waals surface area (Å²) in [6, 6.07) is 6.16. The maximum absolute atomic E-state index is 9.01. The number of fused-ring (bicyclic) bond motifs is 1. The Hall–Kier alpha value is -1.35. The van der Waals surface area contributed by atoms with Gasteiger partial charge in [-0.05, 0) is 30.9 Å². The first-order chi connectivity index (χ1) is 6.88. The highest BCUT2D eigenvalue weighted by Crippen LogP contribution is 2.39. The maximum Gasteiger partial charge on any atom is 0.137 e. The Labute approximate surface area is 82.0 Å². The van der Waals surface area contributed by atoms with Crippen molar-refractivity contribution >= 4 is 5.65 Å². The third-order valence-corrected chi connectivity index (χ3v) is 2.73. The second-order valence-electron chi connectivity index (χ2n) is 3.84. The SMILES string of the molecule is OCc1cn2c(C3CC3)cccc2n1. The van der Waals surface area contributed by atoms with Gasteiger partial charge in [0.2, 0.25) is 0 Å². The van der Waals surface area contributed by atoms with Crippen molar-refractivity contribution in [1.82, 2.24) is 9.38 Å². The summed E-state index contributed by atoms with van der Waals surface area (Å²) in [7, 11) is 0. The molecule has 2 aromatic heterocycles. The molecule has 0 saturated heterocycles. The van der Waals surface area contributed by atoms with Gasteiger partial charge in [-0.15, -0.1) is 0 Å². The Morgan fingerprint density at radius 2 is 2.29 bits per heavy atom. The van der Waals surface area contributed by atoms with Crippen molar-refractivity contribution in [1.29, 1.82) is 0 Å². The number of hydrogen-bond acceptors (Lipinski definition) is 2. The van der Waals surface area contributed by atoms with Gasteiger partial charge in [-0.2, -0.15) is 0 Å². The van der Waals surface area contributed by atoms with Crippen LogP contribution in [-0.2, 0) is 6.61 Å². The van der Waals surface area contributed by atoms with E-state index in [1.807, 2.05) is 18.3 Å². The van der Waals surface area contributed by atoms with E-state index in [9.17, 15) is 0 Å². The fourth-order valence-corrected chi connectivity index (χ4v) is 1.87. The summed E-state index contributed by atoms with van der Waals surface area (Å²) < 4.78 is 2.10. The van der Waals surface area contributed by atoms with Gasteiger partial charge in [0.1, 0.15) is 5.65 Å². The minimum atomic E-state index is 0.0196. The van der Waals surface area contributed by atoms with Crippen molar-refractivity contribution in [2.75, 3.05) is 0 Å². The van der Waals surface area contributed by atoms with E-state index in [2.05, 4.69) is 15.5 Å². The van der Waals surface area contributed by atoms with E-state index in [1.54, 1.807) is 0 Å². The smallest absolute Gasteiger partial charge is 0.137 e. The molecule has 1 saturated carbocycles. The Morgan fingerprint density at radius 1 is 1.43 bits per heavy atom. The molecule has 3 nitrogen and oxygen atoms in total. The fourth-order valence-electron chi connectivity index (χ4n) is 1.87. The number of hydrogen-bond donors (Lipinski definition) is 1. The summed E-state index contributed by atoms with van der Waals surface area (Å²) in [6.07, 6.45) is 4.50. The van der Waals surface area contributed by atoms with Gasteiger partial charge in [0, 0.05) is 11.9 Å². The van der Waals surface area contributed by atoms with Crippen LogP contribution in [0.1, 0.15) is 30.1 Å². The number of aromatic nitrogens is 2. The first-order valence-corrected chi connectivity index (χ1v) is 4.96. The Morgan fingerprint density at radius 3 is 3.00 bits per heavy atom. The van der Waals surface area contributed by atoms with Gasteiger partial charge >= 0.3 is 0 Å². The Bertz CT molecular complexity index is 471. The van der Waals surface area contributed by atoms with Crippen molar-refractivity contribution < 1.29 is 5.11 Å². The minimum Gasteiger partial charge on any atom is -0.390 e. The summed E-state index contributed by atoms with van der Waals surface area (Å²) in [5, 5.41) is 9.01. The minimum absolute atomic E-state index is 0.0196. The number of rotatable bonds is 2. The van der Waals surface area contributed by atoms with Crippen molar-refractivity contribution in [2.24, 2.45) is 0 Å². The molecule has 1 N–H and O–H groups in total. The second-order valence-corrected chi connectivity index (χ2v) is 3.84. The zero-order chi connectivity index (χ0) is 9.54. The lowest BCUT2D eigenvalue weighted by atomic mass is 10.2. The Balaban J connectivity index is 2.23. The van der Waals surface area contributed by atoms with Gasteiger partial charge in [-0.3, -0.25) is 0 Å². The average molecular weight is 188 g/mol. The highest BCUT2D eigenvalue weighted by Gasteiger charge is 2.25. The zero-order valence-electron chi connectivity index (χ0n) is 7.85. The lowest BCUT2D eigenvalue weighted by Gasteiger charge is -2.01. The van der Waals surface area contributed by atoms with Crippen LogP contribution in [0.4, 0.5) is 0 Å². The summed E-state index contributed by atoms with van der Waals surface area (Å²) in [4.78, 5) is 4.31. The number of nitrogens with zero attached hydrogens (tertiary/aromatic N) is 2. The van der Waals surface area contributed by atoms with Crippen LogP contribution in [0.2, 0.25) is 0 Å². The molecule has 72 valence electrons. The molecule has 0 aromatic carbocycles. The van der Waals surface area contributed by atoms with E-state index >= 15 is 0 Å². The molecule has 0 amide bonds. The van der Waals surface area contributed by atoms with Crippen molar-refractivity contribution in [2.45, 2.75) is 25.4 Å². The molecular formula is C11H12N2O. The van der Waals surface area contributed by atoms with E-state index in [4.69, 9.17) is 5.11 Å². The van der Waals surface area contributed by atoms with Crippen molar-refractivity contribution in [3.63, 3.8) is 0 Å². The molecule has 1 aliphatic carbocycles. The fraction of sp³-hybridized carbons (Fsp3) is 0.364. The number of pyridine rings is 1. The van der Waals surface area contributed by atoms with Crippen LogP contribution in [-0.4, -0.2) is 14.5 Å². The molecular weight excluding hydrogens is 176 g/mol. The largest absolute Gasteiger partial charge is 0.390 e. The van der Waals surface area contributed by atoms with Gasteiger partial charge in [-0.25, -0.2) is 4.98 Å². The molecule has 0 bridgehead atoms. The van der Waals surface area contributed by atoms with Crippen LogP contribution in [0.25, 0.3) is 5.65 Å². The van der Waals surface area contributed by atoms with Gasteiger partial charge < -0.3 is 9.51 Å². The number of aliphatic hydroxyl groups is 1. The van der Waals surface area contributed by atoms with Crippen LogP contribution in [0.5, 0.6) is 0 Å². The first-order valence-electron chi connectivity index (χ1n) is 4.96. The molecule has 2 aromatic rings. The first kappa shape index (κ1) is 8.00. The predicted octanol–water partition coefficient (Wildman–Crippen LogP) is 1.70. The topological polar surface area (TPSA) is 37.5 Å². The van der Waals surface area contributed by atoms with Crippen LogP contribution < -0.4 is 0 Å². The summed E-state index contributed by atoms with van der Waals surface area (Å²) in [5.74, 6) is 0.708. The van der Waals surface area contributed by atoms with E-state index in [1.165, 1.54) is 18.5 Å². The second kappa shape index (κ2) is 2.82. The van der Waals surface area contributed by atoms with E-state index in [-0.39, 0.29) is 6.61 Å². The summed E-state index contributed by atoms with van der Waals surface area (Å²) in [5.41, 5.74) is 3.02. The highest BCUT2D eigenvalue weighted by atomic mass is 16.3. The Kier molecular flexibility index (Phi) is 1.61. The molecule has 3 heteroatoms. The molecule has 0 spiro atoms. The molecule has 0 aliphatic heterocycles. The van der Waals surface area contributed by atoms with Crippen LogP contribution in [0.15, 0.2) is 24.4 Å². The lowest BCUT2D eigenvalue weighted by molar-refractivity contribution is 0.277. The van der Waals surface area contributed by atoms with Gasteiger partial charge in [0.15, 0.2) is 0 Å². The zero-order valence-corrected chi connectivity index (χ0v) is 7.85. The van der Waals surface area contributed by atoms with Crippen molar-refractivity contribution in [3.05, 3.63) is 35.8 Å².